The van der Waals surface area contributed by atoms with Gasteiger partial charge in [0.2, 0.25) is 0 Å². The van der Waals surface area contributed by atoms with Crippen molar-refractivity contribution in [3.8, 4) is 0 Å². The predicted molar refractivity (Wildman–Crippen MR) is 379 cm³/mol. The van der Waals surface area contributed by atoms with Gasteiger partial charge < -0.3 is 27.9 Å². The molecular formula is C78H146NO8P. The molecule has 0 N–H and O–H groups in total. The Kier molecular flexibility index (Phi) is 67.3. The largest absolute Gasteiger partial charge is 0.756 e. The number of carbonyl (C=O) groups is 2. The minimum Gasteiger partial charge on any atom is -0.756 e. The van der Waals surface area contributed by atoms with E-state index in [0.29, 0.717) is 17.4 Å². The van der Waals surface area contributed by atoms with Gasteiger partial charge in [-0.2, -0.15) is 0 Å². The lowest BCUT2D eigenvalue weighted by molar-refractivity contribution is -0.870. The summed E-state index contributed by atoms with van der Waals surface area (Å²) in [7, 11) is 1.18. The van der Waals surface area contributed by atoms with Gasteiger partial charge in [-0.05, 0) is 57.8 Å². The number of hydrogen-bond acceptors (Lipinski definition) is 8. The Labute approximate surface area is 546 Å². The van der Waals surface area contributed by atoms with Crippen molar-refractivity contribution in [3.05, 3.63) is 60.8 Å². The molecule has 0 radical (unpaired) electrons. The van der Waals surface area contributed by atoms with Gasteiger partial charge in [0.25, 0.3) is 7.82 Å². The lowest BCUT2D eigenvalue weighted by Gasteiger charge is -2.28. The van der Waals surface area contributed by atoms with Crippen molar-refractivity contribution in [2.45, 2.75) is 380 Å². The van der Waals surface area contributed by atoms with Gasteiger partial charge in [-0.3, -0.25) is 14.2 Å². The van der Waals surface area contributed by atoms with Crippen LogP contribution in [0.5, 0.6) is 0 Å². The van der Waals surface area contributed by atoms with Crippen LogP contribution < -0.4 is 4.89 Å². The van der Waals surface area contributed by atoms with Gasteiger partial charge in [-0.15, -0.1) is 0 Å². The number of esters is 2. The van der Waals surface area contributed by atoms with Gasteiger partial charge in [0.1, 0.15) is 19.8 Å². The molecule has 516 valence electrons. The van der Waals surface area contributed by atoms with E-state index in [2.05, 4.69) is 74.6 Å². The molecule has 2 atom stereocenters. The van der Waals surface area contributed by atoms with Gasteiger partial charge in [-0.1, -0.05) is 364 Å². The lowest BCUT2D eigenvalue weighted by Crippen LogP contribution is -2.37. The zero-order valence-electron chi connectivity index (χ0n) is 58.9. The van der Waals surface area contributed by atoms with Crippen LogP contribution in [0.15, 0.2) is 60.8 Å². The fourth-order valence-electron chi connectivity index (χ4n) is 11.3. The van der Waals surface area contributed by atoms with Crippen LogP contribution in [-0.4, -0.2) is 70.0 Å². The Morgan fingerprint density at radius 1 is 0.364 bits per heavy atom. The third-order valence-electron chi connectivity index (χ3n) is 17.1. The highest BCUT2D eigenvalue weighted by atomic mass is 31.2. The molecule has 88 heavy (non-hydrogen) atoms. The second-order valence-electron chi connectivity index (χ2n) is 27.0. The number of unbranched alkanes of at least 4 members (excludes halogenated alkanes) is 47. The highest BCUT2D eigenvalue weighted by Gasteiger charge is 2.22. The van der Waals surface area contributed by atoms with Gasteiger partial charge in [0, 0.05) is 12.8 Å². The van der Waals surface area contributed by atoms with E-state index in [1.165, 1.54) is 270 Å². The summed E-state index contributed by atoms with van der Waals surface area (Å²) >= 11 is 0. The van der Waals surface area contributed by atoms with E-state index in [4.69, 9.17) is 18.5 Å². The number of nitrogens with zero attached hydrogens (tertiary/aromatic N) is 1. The SMILES string of the molecule is CC/C=C\C/C=C\C/C=C\C/C=C\C/C=C\CCCCCCCCCCCCCCCC(=O)OC(COC(=O)CCCCCCCCCCCCCCCCCCCCCCCCCCCCCCCCCCCCC)COP(=O)([O-])OCC[N+](C)(C)C. The predicted octanol–water partition coefficient (Wildman–Crippen LogP) is 24.3. The summed E-state index contributed by atoms with van der Waals surface area (Å²) < 4.78 is 34.4. The maximum absolute atomic E-state index is 12.9. The minimum absolute atomic E-state index is 0.0304. The van der Waals surface area contributed by atoms with E-state index >= 15 is 0 Å². The van der Waals surface area contributed by atoms with Crippen molar-refractivity contribution in [3.63, 3.8) is 0 Å². The zero-order valence-corrected chi connectivity index (χ0v) is 59.8. The van der Waals surface area contributed by atoms with Gasteiger partial charge >= 0.3 is 11.9 Å². The molecule has 10 heteroatoms. The molecule has 0 saturated heterocycles. The van der Waals surface area contributed by atoms with Crippen LogP contribution in [0.1, 0.15) is 373 Å². The molecule has 0 aliphatic heterocycles. The van der Waals surface area contributed by atoms with Crippen molar-refractivity contribution in [1.82, 2.24) is 0 Å². The van der Waals surface area contributed by atoms with Crippen LogP contribution in [0.3, 0.4) is 0 Å². The van der Waals surface area contributed by atoms with Crippen LogP contribution in [0.2, 0.25) is 0 Å². The van der Waals surface area contributed by atoms with Crippen molar-refractivity contribution in [2.24, 2.45) is 0 Å². The molecular weight excluding hydrogens is 1110 g/mol. The number of quaternary nitrogens is 1. The van der Waals surface area contributed by atoms with Crippen molar-refractivity contribution in [1.29, 1.82) is 0 Å². The third kappa shape index (κ3) is 72.8. The van der Waals surface area contributed by atoms with Gasteiger partial charge in [0.05, 0.1) is 27.7 Å². The fourth-order valence-corrected chi connectivity index (χ4v) is 12.0. The van der Waals surface area contributed by atoms with E-state index in [9.17, 15) is 19.0 Å². The molecule has 0 rings (SSSR count). The van der Waals surface area contributed by atoms with Crippen LogP contribution >= 0.6 is 7.82 Å². The van der Waals surface area contributed by atoms with Crippen LogP contribution in [0.25, 0.3) is 0 Å². The number of likely N-dealkylation sites (N-methyl/N-ethyl adjacent to an activating group) is 1. The number of phosphoric ester groups is 1. The molecule has 2 unspecified atom stereocenters. The normalized spacial score (nSPS) is 13.4. The molecule has 0 spiro atoms. The lowest BCUT2D eigenvalue weighted by atomic mass is 10.0. The average Bonchev–Trinajstić information content (AvgIpc) is 3.68. The summed E-state index contributed by atoms with van der Waals surface area (Å²) in [5, 5.41) is 0. The summed E-state index contributed by atoms with van der Waals surface area (Å²) in [4.78, 5) is 38.1. The molecule has 0 aromatic heterocycles. The molecule has 0 bridgehead atoms. The number of carbonyl (C=O) groups excluding carboxylic acids is 2. The number of hydrogen-bond donors (Lipinski definition) is 0. The quantitative estimate of drug-likeness (QED) is 0.0195. The molecule has 0 aliphatic rings. The number of allylic oxidation sites excluding steroid dienone is 10. The van der Waals surface area contributed by atoms with E-state index < -0.39 is 26.5 Å². The smallest absolute Gasteiger partial charge is 0.306 e. The van der Waals surface area contributed by atoms with Gasteiger partial charge in [-0.25, -0.2) is 0 Å². The minimum atomic E-state index is -4.64. The van der Waals surface area contributed by atoms with Crippen molar-refractivity contribution < 1.29 is 42.1 Å². The summed E-state index contributed by atoms with van der Waals surface area (Å²) in [6, 6.07) is 0. The molecule has 0 saturated carbocycles. The first kappa shape index (κ1) is 85.7. The highest BCUT2D eigenvalue weighted by Crippen LogP contribution is 2.38. The maximum atomic E-state index is 12.9. The Morgan fingerprint density at radius 2 is 0.648 bits per heavy atom. The molecule has 0 aromatic carbocycles. The Bertz CT molecular complexity index is 1670. The van der Waals surface area contributed by atoms with Crippen molar-refractivity contribution >= 4 is 19.8 Å². The number of rotatable bonds is 71. The molecule has 9 nitrogen and oxygen atoms in total. The standard InChI is InChI=1S/C78H146NO8P/c1-6-8-10-12-14-16-18-20-22-24-26-28-30-32-34-36-37-38-39-40-41-43-44-46-48-50-52-54-56-58-60-62-64-66-68-70-77(80)84-74-76(75-86-88(82,83)85-73-72-79(3,4)5)87-78(81)71-69-67-65-63-61-59-57-55-53-51-49-47-45-42-35-33-31-29-27-25-23-21-19-17-15-13-11-9-7-2/h9,11,15,17,21,23,27,29,33,35,76H,6-8,10,12-14,16,18-20,22,24-26,28,30-32,34,36-75H2,1-5H3/b11-9-,17-15-,23-21-,29-27-,35-33-. The second-order valence-corrected chi connectivity index (χ2v) is 28.4. The van der Waals surface area contributed by atoms with Gasteiger partial charge in [0.15, 0.2) is 6.10 Å². The van der Waals surface area contributed by atoms with E-state index in [1.54, 1.807) is 0 Å². The molecule has 0 aliphatic carbocycles. The summed E-state index contributed by atoms with van der Waals surface area (Å²) in [6.45, 7) is 4.19. The average molecular weight is 1260 g/mol. The molecule has 0 fully saturated rings. The number of phosphoric acid groups is 1. The fraction of sp³-hybridized carbons (Fsp3) is 0.846. The van der Waals surface area contributed by atoms with E-state index in [-0.39, 0.29) is 32.0 Å². The first-order valence-corrected chi connectivity index (χ1v) is 39.5. The molecule has 0 aromatic rings. The summed E-state index contributed by atoms with van der Waals surface area (Å²) in [5.41, 5.74) is 0. The second kappa shape index (κ2) is 69.1. The van der Waals surface area contributed by atoms with Crippen LogP contribution in [0.4, 0.5) is 0 Å². The highest BCUT2D eigenvalue weighted by molar-refractivity contribution is 7.45. The zero-order chi connectivity index (χ0) is 64.1. The van der Waals surface area contributed by atoms with Crippen molar-refractivity contribution in [2.75, 3.05) is 47.5 Å². The van der Waals surface area contributed by atoms with Crippen LogP contribution in [0, 0.1) is 0 Å². The Morgan fingerprint density at radius 3 is 0.966 bits per heavy atom. The summed E-state index contributed by atoms with van der Waals surface area (Å²) in [5.74, 6) is -0.817. The first-order valence-electron chi connectivity index (χ1n) is 38.0. The van der Waals surface area contributed by atoms with E-state index in [0.717, 1.165) is 70.6 Å². The Hall–Kier alpha value is -2.29. The van der Waals surface area contributed by atoms with Crippen LogP contribution in [-0.2, 0) is 32.7 Å². The monoisotopic (exact) mass is 1260 g/mol. The van der Waals surface area contributed by atoms with E-state index in [1.807, 2.05) is 21.1 Å². The number of ether oxygens (including phenoxy) is 2. The topological polar surface area (TPSA) is 111 Å². The summed E-state index contributed by atoms with van der Waals surface area (Å²) in [6.07, 6.45) is 91.9. The Balaban J connectivity index is 3.95. The third-order valence-corrected chi connectivity index (χ3v) is 18.0. The maximum Gasteiger partial charge on any atom is 0.306 e. The molecule has 0 heterocycles. The first-order chi connectivity index (χ1) is 43.0. The molecule has 0 amide bonds.